The van der Waals surface area contributed by atoms with Gasteiger partial charge in [-0.15, -0.1) is 0 Å². The molecule has 2 heterocycles. The van der Waals surface area contributed by atoms with Gasteiger partial charge in [0.2, 0.25) is 0 Å². The van der Waals surface area contributed by atoms with Crippen molar-refractivity contribution in [1.29, 1.82) is 0 Å². The number of aryl methyl sites for hydroxylation is 1. The van der Waals surface area contributed by atoms with Crippen molar-refractivity contribution in [1.82, 2.24) is 15.0 Å². The fraction of sp³-hybridized carbons (Fsp3) is 0.294. The number of fused-ring (bicyclic) bond motifs is 1. The van der Waals surface area contributed by atoms with E-state index in [4.69, 9.17) is 10.5 Å². The molecule has 0 aliphatic heterocycles. The lowest BCUT2D eigenvalue weighted by Crippen LogP contribution is -1.98. The number of nitrogen functional groups attached to an aromatic ring is 1. The van der Waals surface area contributed by atoms with Crippen LogP contribution >= 0.6 is 0 Å². The van der Waals surface area contributed by atoms with Crippen molar-refractivity contribution in [3.8, 4) is 16.9 Å². The molecule has 0 aliphatic rings. The van der Waals surface area contributed by atoms with Gasteiger partial charge in [-0.2, -0.15) is 4.98 Å². The van der Waals surface area contributed by atoms with Crippen LogP contribution in [-0.4, -0.2) is 21.6 Å². The molecule has 3 aromatic rings. The fourth-order valence-corrected chi connectivity index (χ4v) is 2.46. The molecule has 0 fully saturated rings. The molecule has 2 aromatic heterocycles. The van der Waals surface area contributed by atoms with Crippen LogP contribution in [0, 0.1) is 0 Å². The third-order valence-corrected chi connectivity index (χ3v) is 3.59. The first-order chi connectivity index (χ1) is 10.7. The quantitative estimate of drug-likeness (QED) is 0.754. The maximum Gasteiger partial charge on any atom is 0.200 e. The lowest BCUT2D eigenvalue weighted by Gasteiger charge is -2.11. The van der Waals surface area contributed by atoms with E-state index < -0.39 is 0 Å². The molecule has 0 saturated carbocycles. The lowest BCUT2D eigenvalue weighted by molar-refractivity contribution is 0.314. The van der Waals surface area contributed by atoms with Crippen LogP contribution in [0.3, 0.4) is 0 Å². The molecule has 22 heavy (non-hydrogen) atoms. The Balaban J connectivity index is 1.98. The van der Waals surface area contributed by atoms with E-state index in [0.717, 1.165) is 41.8 Å². The summed E-state index contributed by atoms with van der Waals surface area (Å²) < 4.78 is 5.79. The van der Waals surface area contributed by atoms with Crippen LogP contribution in [0.1, 0.15) is 25.8 Å². The zero-order chi connectivity index (χ0) is 15.5. The van der Waals surface area contributed by atoms with Crippen molar-refractivity contribution in [2.75, 3.05) is 12.3 Å². The summed E-state index contributed by atoms with van der Waals surface area (Å²) in [6, 6.07) is 8.28. The van der Waals surface area contributed by atoms with Crippen molar-refractivity contribution in [2.45, 2.75) is 26.7 Å². The SMILES string of the molecule is CCCOc1ccc(-c2cnc3nc(N)[nH]c3c2)cc1CC. The number of H-pyrrole nitrogens is 1. The molecule has 114 valence electrons. The second-order valence-electron chi connectivity index (χ2n) is 5.24. The van der Waals surface area contributed by atoms with Crippen molar-refractivity contribution >= 4 is 17.1 Å². The minimum absolute atomic E-state index is 0.386. The number of anilines is 1. The highest BCUT2D eigenvalue weighted by Gasteiger charge is 2.08. The lowest BCUT2D eigenvalue weighted by atomic mass is 10.0. The third-order valence-electron chi connectivity index (χ3n) is 3.59. The topological polar surface area (TPSA) is 76.8 Å². The molecule has 0 aliphatic carbocycles. The second-order valence-corrected chi connectivity index (χ2v) is 5.24. The molecule has 5 nitrogen and oxygen atoms in total. The summed E-state index contributed by atoms with van der Waals surface area (Å²) in [5, 5.41) is 0. The number of aromatic nitrogens is 3. The average molecular weight is 296 g/mol. The molecule has 0 spiro atoms. The number of aromatic amines is 1. The van der Waals surface area contributed by atoms with E-state index in [1.165, 1.54) is 5.56 Å². The smallest absolute Gasteiger partial charge is 0.200 e. The first-order valence-corrected chi connectivity index (χ1v) is 7.58. The van der Waals surface area contributed by atoms with Gasteiger partial charge in [-0.25, -0.2) is 4.98 Å². The minimum Gasteiger partial charge on any atom is -0.493 e. The summed E-state index contributed by atoms with van der Waals surface area (Å²) in [5.41, 5.74) is 10.5. The van der Waals surface area contributed by atoms with Gasteiger partial charge in [0.05, 0.1) is 12.1 Å². The van der Waals surface area contributed by atoms with Crippen LogP contribution in [0.15, 0.2) is 30.5 Å². The predicted octanol–water partition coefficient (Wildman–Crippen LogP) is 3.56. The number of nitrogens with one attached hydrogen (secondary N) is 1. The molecule has 0 amide bonds. The molecule has 0 bridgehead atoms. The minimum atomic E-state index is 0.386. The Morgan fingerprint density at radius 2 is 2.05 bits per heavy atom. The molecule has 0 radical (unpaired) electrons. The van der Waals surface area contributed by atoms with Crippen LogP contribution in [-0.2, 0) is 6.42 Å². The van der Waals surface area contributed by atoms with E-state index in [1.54, 1.807) is 0 Å². The van der Waals surface area contributed by atoms with E-state index in [1.807, 2.05) is 18.3 Å². The van der Waals surface area contributed by atoms with Crippen LogP contribution in [0.4, 0.5) is 5.95 Å². The summed E-state index contributed by atoms with van der Waals surface area (Å²) in [7, 11) is 0. The van der Waals surface area contributed by atoms with Crippen LogP contribution < -0.4 is 10.5 Å². The Kier molecular flexibility index (Phi) is 3.96. The number of nitrogens with zero attached hydrogens (tertiary/aromatic N) is 2. The monoisotopic (exact) mass is 296 g/mol. The van der Waals surface area contributed by atoms with Crippen molar-refractivity contribution in [3.05, 3.63) is 36.0 Å². The number of hydrogen-bond donors (Lipinski definition) is 2. The Hall–Kier alpha value is -2.56. The van der Waals surface area contributed by atoms with E-state index in [2.05, 4.69) is 40.9 Å². The molecule has 5 heteroatoms. The Morgan fingerprint density at radius 1 is 1.18 bits per heavy atom. The van der Waals surface area contributed by atoms with Gasteiger partial charge < -0.3 is 15.5 Å². The number of pyridine rings is 1. The van der Waals surface area contributed by atoms with Gasteiger partial charge >= 0.3 is 0 Å². The summed E-state index contributed by atoms with van der Waals surface area (Å²) in [4.78, 5) is 11.5. The number of nitrogens with two attached hydrogens (primary N) is 1. The van der Waals surface area contributed by atoms with Crippen molar-refractivity contribution in [3.63, 3.8) is 0 Å². The molecular formula is C17H20N4O. The highest BCUT2D eigenvalue weighted by atomic mass is 16.5. The number of benzene rings is 1. The van der Waals surface area contributed by atoms with Gasteiger partial charge in [0.15, 0.2) is 11.6 Å². The van der Waals surface area contributed by atoms with Crippen molar-refractivity contribution in [2.24, 2.45) is 0 Å². The van der Waals surface area contributed by atoms with Crippen LogP contribution in [0.5, 0.6) is 5.75 Å². The maximum absolute atomic E-state index is 5.79. The summed E-state index contributed by atoms with van der Waals surface area (Å²) in [6.07, 6.45) is 3.76. The van der Waals surface area contributed by atoms with E-state index in [9.17, 15) is 0 Å². The number of ether oxygens (including phenoxy) is 1. The highest BCUT2D eigenvalue weighted by molar-refractivity contribution is 5.79. The third kappa shape index (κ3) is 2.74. The normalized spacial score (nSPS) is 11.0. The molecule has 3 rings (SSSR count). The summed E-state index contributed by atoms with van der Waals surface area (Å²) in [5.74, 6) is 1.35. The van der Waals surface area contributed by atoms with E-state index in [0.29, 0.717) is 11.6 Å². The first-order valence-electron chi connectivity index (χ1n) is 7.58. The molecule has 0 unspecified atom stereocenters. The number of rotatable bonds is 5. The molecule has 1 aromatic carbocycles. The Morgan fingerprint density at radius 3 is 2.82 bits per heavy atom. The average Bonchev–Trinajstić information content (AvgIpc) is 2.91. The van der Waals surface area contributed by atoms with Gasteiger partial charge in [-0.3, -0.25) is 0 Å². The second kappa shape index (κ2) is 6.05. The molecule has 0 atom stereocenters. The van der Waals surface area contributed by atoms with Gasteiger partial charge in [0.25, 0.3) is 0 Å². The largest absolute Gasteiger partial charge is 0.493 e. The molecular weight excluding hydrogens is 276 g/mol. The Labute approximate surface area is 129 Å². The van der Waals surface area contributed by atoms with Gasteiger partial charge in [0, 0.05) is 11.8 Å². The fourth-order valence-electron chi connectivity index (χ4n) is 2.46. The van der Waals surface area contributed by atoms with E-state index >= 15 is 0 Å². The van der Waals surface area contributed by atoms with Gasteiger partial charge in [0.1, 0.15) is 5.75 Å². The predicted molar refractivity (Wildman–Crippen MR) is 88.9 cm³/mol. The summed E-state index contributed by atoms with van der Waals surface area (Å²) >= 11 is 0. The number of imidazole rings is 1. The summed E-state index contributed by atoms with van der Waals surface area (Å²) in [6.45, 7) is 4.99. The molecule has 3 N–H and O–H groups in total. The zero-order valence-corrected chi connectivity index (χ0v) is 12.9. The molecule has 0 saturated heterocycles. The first kappa shape index (κ1) is 14.4. The number of hydrogen-bond acceptors (Lipinski definition) is 4. The maximum atomic E-state index is 5.79. The highest BCUT2D eigenvalue weighted by Crippen LogP contribution is 2.28. The van der Waals surface area contributed by atoms with Crippen LogP contribution in [0.2, 0.25) is 0 Å². The Bertz CT molecular complexity index is 794. The zero-order valence-electron chi connectivity index (χ0n) is 12.9. The van der Waals surface area contributed by atoms with Gasteiger partial charge in [-0.1, -0.05) is 19.9 Å². The standard InChI is InChI=1S/C17H20N4O/c1-3-7-22-15-6-5-12(8-11(15)4-2)13-9-14-16(19-10-13)21-17(18)20-14/h5-6,8-10H,3-4,7H2,1-2H3,(H3,18,19,20,21). The van der Waals surface area contributed by atoms with E-state index in [-0.39, 0.29) is 0 Å². The van der Waals surface area contributed by atoms with Crippen LogP contribution in [0.25, 0.3) is 22.3 Å². The van der Waals surface area contributed by atoms with Crippen molar-refractivity contribution < 1.29 is 4.74 Å². The van der Waals surface area contributed by atoms with Gasteiger partial charge in [-0.05, 0) is 42.2 Å².